The van der Waals surface area contributed by atoms with Gasteiger partial charge in [0.25, 0.3) is 5.91 Å². The zero-order valence-electron chi connectivity index (χ0n) is 22.0. The van der Waals surface area contributed by atoms with Crippen LogP contribution >= 0.6 is 34.5 Å². The number of benzene rings is 1. The van der Waals surface area contributed by atoms with Gasteiger partial charge in [0.2, 0.25) is 15.9 Å². The number of amides is 2. The van der Waals surface area contributed by atoms with E-state index in [1.807, 2.05) is 0 Å². The highest BCUT2D eigenvalue weighted by Gasteiger charge is 2.34. The molecule has 2 aliphatic rings. The zero-order valence-corrected chi connectivity index (χ0v) is 25.2. The molecule has 0 saturated carbocycles. The number of rotatable bonds is 9. The van der Waals surface area contributed by atoms with Gasteiger partial charge in [-0.25, -0.2) is 8.42 Å². The first-order valence-electron chi connectivity index (χ1n) is 12.9. The van der Waals surface area contributed by atoms with E-state index in [1.165, 1.54) is 28.4 Å². The molecular weight excluding hydrogens is 615 g/mol. The van der Waals surface area contributed by atoms with Crippen LogP contribution in [-0.4, -0.2) is 82.4 Å². The molecule has 2 fully saturated rings. The molecule has 2 aliphatic heterocycles. The highest BCUT2D eigenvalue weighted by Crippen LogP contribution is 2.34. The number of hydrogen-bond donors (Lipinski definition) is 1. The molecule has 15 heteroatoms. The van der Waals surface area contributed by atoms with Crippen molar-refractivity contribution < 1.29 is 32.0 Å². The molecule has 1 atom stereocenters. The van der Waals surface area contributed by atoms with Crippen LogP contribution in [0.4, 0.5) is 5.69 Å². The Labute approximate surface area is 251 Å². The number of likely N-dealkylation sites (tertiary alicyclic amines) is 1. The molecule has 11 nitrogen and oxygen atoms in total. The number of nitrogens with one attached hydrogen (secondary N) is 1. The van der Waals surface area contributed by atoms with Crippen molar-refractivity contribution in [3.63, 3.8) is 0 Å². The molecule has 0 bridgehead atoms. The van der Waals surface area contributed by atoms with E-state index in [0.717, 1.165) is 4.88 Å². The summed E-state index contributed by atoms with van der Waals surface area (Å²) < 4.78 is 46.6. The molecule has 0 radical (unpaired) electrons. The Balaban J connectivity index is 1.42. The minimum absolute atomic E-state index is 0.0364. The van der Waals surface area contributed by atoms with E-state index in [4.69, 9.17) is 37.2 Å². The molecule has 4 heterocycles. The molecule has 220 valence electrons. The van der Waals surface area contributed by atoms with Crippen LogP contribution in [0.5, 0.6) is 0 Å². The number of piperidine rings is 1. The third kappa shape index (κ3) is 6.77. The average molecular weight is 644 g/mol. The van der Waals surface area contributed by atoms with Gasteiger partial charge in [-0.2, -0.15) is 4.72 Å². The third-order valence-electron chi connectivity index (χ3n) is 6.98. The first-order chi connectivity index (χ1) is 19.7. The average Bonchev–Trinajstić information content (AvgIpc) is 3.61. The Bertz CT molecular complexity index is 1520. The number of carbonyl (C=O) groups excluding carboxylic acids is 2. The second-order valence-electron chi connectivity index (χ2n) is 9.61. The summed E-state index contributed by atoms with van der Waals surface area (Å²) >= 11 is 13.9. The highest BCUT2D eigenvalue weighted by atomic mass is 35.5. The monoisotopic (exact) mass is 642 g/mol. The molecule has 0 spiro atoms. The Kier molecular flexibility index (Phi) is 9.33. The van der Waals surface area contributed by atoms with Crippen molar-refractivity contribution in [2.45, 2.75) is 36.3 Å². The van der Waals surface area contributed by atoms with Crippen LogP contribution in [0, 0.1) is 0 Å². The van der Waals surface area contributed by atoms with Crippen LogP contribution in [0.15, 0.2) is 45.8 Å². The van der Waals surface area contributed by atoms with E-state index in [0.29, 0.717) is 48.3 Å². The number of halogens is 2. The van der Waals surface area contributed by atoms with Gasteiger partial charge in [-0.3, -0.25) is 9.59 Å². The van der Waals surface area contributed by atoms with Crippen molar-refractivity contribution in [1.82, 2.24) is 14.8 Å². The minimum Gasteiger partial charge on any atom is -0.381 e. The Morgan fingerprint density at radius 3 is 2.68 bits per heavy atom. The van der Waals surface area contributed by atoms with Crippen molar-refractivity contribution >= 4 is 62.1 Å². The van der Waals surface area contributed by atoms with Gasteiger partial charge in [0.15, 0.2) is 5.76 Å². The molecule has 0 aliphatic carbocycles. The van der Waals surface area contributed by atoms with E-state index < -0.39 is 22.0 Å². The topological polar surface area (TPSA) is 131 Å². The first kappa shape index (κ1) is 30.0. The predicted octanol–water partition coefficient (Wildman–Crippen LogP) is 3.60. The van der Waals surface area contributed by atoms with Crippen molar-refractivity contribution in [3.05, 3.63) is 51.5 Å². The fourth-order valence-corrected chi connectivity index (χ4v) is 7.64. The third-order valence-corrected chi connectivity index (χ3v) is 10.2. The number of hydrogen-bond acceptors (Lipinski definition) is 9. The standard InChI is InChI=1S/C26H28Cl2N4O7S2/c1-37-17-7-9-31(10-8-17)26(34)18(13-16-14-20(39-29-16)21-5-6-23(27)40-21)30-41(35,36)22-4-2-3-19(25(22)28)32-11-12-38-15-24(32)33/h2-6,14,17-18,30H,7-13,15H2,1H3/t18-/m0/s1. The largest absolute Gasteiger partial charge is 0.381 e. The van der Waals surface area contributed by atoms with Gasteiger partial charge >= 0.3 is 0 Å². The van der Waals surface area contributed by atoms with Crippen molar-refractivity contribution in [2.75, 3.05) is 44.9 Å². The number of aromatic nitrogens is 1. The lowest BCUT2D eigenvalue weighted by Gasteiger charge is -2.33. The summed E-state index contributed by atoms with van der Waals surface area (Å²) in [6.45, 7) is 1.24. The number of nitrogens with zero attached hydrogens (tertiary/aromatic N) is 3. The number of ether oxygens (including phenoxy) is 2. The normalized spacial score (nSPS) is 17.7. The maximum absolute atomic E-state index is 13.7. The number of thiophene rings is 1. The van der Waals surface area contributed by atoms with Gasteiger partial charge in [-0.05, 0) is 37.1 Å². The van der Waals surface area contributed by atoms with E-state index in [1.54, 1.807) is 36.3 Å². The molecule has 2 saturated heterocycles. The van der Waals surface area contributed by atoms with Crippen LogP contribution in [-0.2, 0) is 35.5 Å². The maximum atomic E-state index is 13.7. The lowest BCUT2D eigenvalue weighted by molar-refractivity contribution is -0.135. The van der Waals surface area contributed by atoms with Crippen molar-refractivity contribution in [3.8, 4) is 10.6 Å². The Hall–Kier alpha value is -2.52. The summed E-state index contributed by atoms with van der Waals surface area (Å²) in [7, 11) is -2.70. The van der Waals surface area contributed by atoms with Gasteiger partial charge in [-0.1, -0.05) is 34.4 Å². The molecule has 2 amide bonds. The van der Waals surface area contributed by atoms with Crippen molar-refractivity contribution in [2.24, 2.45) is 0 Å². The van der Waals surface area contributed by atoms with E-state index >= 15 is 0 Å². The molecule has 3 aromatic rings. The Morgan fingerprint density at radius 2 is 2.00 bits per heavy atom. The molecule has 2 aromatic heterocycles. The summed E-state index contributed by atoms with van der Waals surface area (Å²) in [6, 6.07) is 8.38. The molecule has 1 N–H and O–H groups in total. The van der Waals surface area contributed by atoms with Crippen LogP contribution in [0.2, 0.25) is 9.36 Å². The highest BCUT2D eigenvalue weighted by molar-refractivity contribution is 7.89. The quantitative estimate of drug-likeness (QED) is 0.375. The number of morpholine rings is 1. The van der Waals surface area contributed by atoms with Crippen molar-refractivity contribution in [1.29, 1.82) is 0 Å². The summed E-state index contributed by atoms with van der Waals surface area (Å²) in [4.78, 5) is 29.6. The molecule has 1 aromatic carbocycles. The molecule has 0 unspecified atom stereocenters. The molecule has 5 rings (SSSR count). The van der Waals surface area contributed by atoms with Gasteiger partial charge in [0, 0.05) is 39.2 Å². The van der Waals surface area contributed by atoms with Crippen LogP contribution < -0.4 is 9.62 Å². The lowest BCUT2D eigenvalue weighted by Crippen LogP contribution is -2.52. The molecular formula is C26H28Cl2N4O7S2. The van der Waals surface area contributed by atoms with E-state index in [9.17, 15) is 18.0 Å². The van der Waals surface area contributed by atoms with Gasteiger partial charge in [0.05, 0.1) is 38.3 Å². The summed E-state index contributed by atoms with van der Waals surface area (Å²) in [5, 5.41) is 3.95. The summed E-state index contributed by atoms with van der Waals surface area (Å²) in [5.41, 5.74) is 0.638. The Morgan fingerprint density at radius 1 is 1.22 bits per heavy atom. The van der Waals surface area contributed by atoms with E-state index in [2.05, 4.69) is 9.88 Å². The summed E-state index contributed by atoms with van der Waals surface area (Å²) in [6.07, 6.45) is 1.24. The second-order valence-corrected chi connectivity index (χ2v) is 13.4. The predicted molar refractivity (Wildman–Crippen MR) is 154 cm³/mol. The fourth-order valence-electron chi connectivity index (χ4n) is 4.83. The maximum Gasteiger partial charge on any atom is 0.253 e. The fraction of sp³-hybridized carbons (Fsp3) is 0.423. The SMILES string of the molecule is COC1CCN(C(=O)[C@H](Cc2cc(-c3ccc(Cl)s3)on2)NS(=O)(=O)c2cccc(N3CCOCC3=O)c2Cl)CC1. The number of carbonyl (C=O) groups is 2. The number of methoxy groups -OCH3 is 1. The summed E-state index contributed by atoms with van der Waals surface area (Å²) in [5.74, 6) is -0.276. The minimum atomic E-state index is -4.33. The van der Waals surface area contributed by atoms with Gasteiger partial charge < -0.3 is 23.8 Å². The first-order valence-corrected chi connectivity index (χ1v) is 15.9. The van der Waals surface area contributed by atoms with E-state index in [-0.39, 0.29) is 47.2 Å². The van der Waals surface area contributed by atoms with Crippen LogP contribution in [0.1, 0.15) is 18.5 Å². The number of anilines is 1. The van der Waals surface area contributed by atoms with Gasteiger partial charge in [-0.15, -0.1) is 11.3 Å². The van der Waals surface area contributed by atoms with Crippen LogP contribution in [0.25, 0.3) is 10.6 Å². The number of sulfonamides is 1. The lowest BCUT2D eigenvalue weighted by atomic mass is 10.1. The molecule has 41 heavy (non-hydrogen) atoms. The smallest absolute Gasteiger partial charge is 0.253 e. The zero-order chi connectivity index (χ0) is 29.1. The van der Waals surface area contributed by atoms with Crippen LogP contribution in [0.3, 0.4) is 0 Å². The van der Waals surface area contributed by atoms with Gasteiger partial charge in [0.1, 0.15) is 17.5 Å². The second kappa shape index (κ2) is 12.8.